The van der Waals surface area contributed by atoms with Crippen LogP contribution >= 0.6 is 11.8 Å². The van der Waals surface area contributed by atoms with Crippen molar-refractivity contribution in [1.82, 2.24) is 0 Å². The van der Waals surface area contributed by atoms with Crippen molar-refractivity contribution in [2.45, 2.75) is 17.6 Å². The summed E-state index contributed by atoms with van der Waals surface area (Å²) in [5.41, 5.74) is -0.451. The second-order valence-electron chi connectivity index (χ2n) is 3.85. The Morgan fingerprint density at radius 1 is 1.40 bits per heavy atom. The number of aromatic nitrogens is 1. The number of pyridine rings is 1. The summed E-state index contributed by atoms with van der Waals surface area (Å²) in [4.78, 5) is 11.2. The summed E-state index contributed by atoms with van der Waals surface area (Å²) in [7, 11) is 0. The fourth-order valence-electron chi connectivity index (χ4n) is 1.45. The predicted octanol–water partition coefficient (Wildman–Crippen LogP) is 2.69. The van der Waals surface area contributed by atoms with Gasteiger partial charge in [-0.15, -0.1) is 0 Å². The van der Waals surface area contributed by atoms with E-state index in [0.29, 0.717) is 9.76 Å². The Labute approximate surface area is 116 Å². The number of carbonyl (C=O) groups is 1. The number of alkyl halides is 3. The largest absolute Gasteiger partial charge is 0.618 e. The van der Waals surface area contributed by atoms with Gasteiger partial charge in [0.1, 0.15) is 5.76 Å². The summed E-state index contributed by atoms with van der Waals surface area (Å²) in [6.07, 6.45) is -3.49. The van der Waals surface area contributed by atoms with E-state index in [9.17, 15) is 23.2 Å². The van der Waals surface area contributed by atoms with E-state index in [0.717, 1.165) is 17.8 Å². The summed E-state index contributed by atoms with van der Waals surface area (Å²) in [5.74, 6) is -1.03. The van der Waals surface area contributed by atoms with Gasteiger partial charge in [-0.3, -0.25) is 0 Å². The molecule has 0 radical (unpaired) electrons. The quantitative estimate of drug-likeness (QED) is 0.373. The van der Waals surface area contributed by atoms with Gasteiger partial charge in [-0.1, -0.05) is 0 Å². The Hall–Kier alpha value is -1.96. The molecular weight excluding hydrogens is 295 g/mol. The zero-order valence-corrected chi connectivity index (χ0v) is 10.7. The smallest absolute Gasteiger partial charge is 0.393 e. The van der Waals surface area contributed by atoms with Crippen molar-refractivity contribution < 1.29 is 27.4 Å². The summed E-state index contributed by atoms with van der Waals surface area (Å²) in [6, 6.07) is 4.72. The zero-order chi connectivity index (χ0) is 14.8. The standard InChI is InChI=1S/C12H8F3NO3S/c13-12(14,15)6-8-5-9(19-11(8)17)7-20-10-3-1-2-4-16(10)18/h1-5,7H,6H2/b9-7+. The van der Waals surface area contributed by atoms with Crippen LogP contribution in [0.2, 0.25) is 0 Å². The Bertz CT molecular complexity index is 596. The van der Waals surface area contributed by atoms with Crippen molar-refractivity contribution >= 4 is 17.7 Å². The molecule has 0 amide bonds. The Balaban J connectivity index is 2.09. The van der Waals surface area contributed by atoms with Gasteiger partial charge in [0.2, 0.25) is 0 Å². The van der Waals surface area contributed by atoms with Gasteiger partial charge in [0.05, 0.1) is 12.0 Å². The molecule has 0 bridgehead atoms. The molecule has 0 spiro atoms. The van der Waals surface area contributed by atoms with Crippen LogP contribution < -0.4 is 4.73 Å². The van der Waals surface area contributed by atoms with Crippen molar-refractivity contribution in [3.8, 4) is 0 Å². The van der Waals surface area contributed by atoms with E-state index in [2.05, 4.69) is 4.74 Å². The molecule has 1 aromatic rings. The van der Waals surface area contributed by atoms with Crippen molar-refractivity contribution in [3.63, 3.8) is 0 Å². The Morgan fingerprint density at radius 3 is 2.80 bits per heavy atom. The average Bonchev–Trinajstić information content (AvgIpc) is 2.67. The van der Waals surface area contributed by atoms with Crippen molar-refractivity contribution in [2.24, 2.45) is 0 Å². The SMILES string of the molecule is O=C1O/C(=C/Sc2cccc[n+]2[O-])C=C1CC(F)(F)F. The van der Waals surface area contributed by atoms with Crippen LogP contribution in [0, 0.1) is 5.21 Å². The lowest BCUT2D eigenvalue weighted by Gasteiger charge is -2.03. The highest BCUT2D eigenvalue weighted by atomic mass is 32.2. The van der Waals surface area contributed by atoms with Crippen molar-refractivity contribution in [1.29, 1.82) is 0 Å². The van der Waals surface area contributed by atoms with Crippen LogP contribution in [0.1, 0.15) is 6.42 Å². The lowest BCUT2D eigenvalue weighted by atomic mass is 10.2. The van der Waals surface area contributed by atoms with Gasteiger partial charge < -0.3 is 9.94 Å². The maximum Gasteiger partial charge on any atom is 0.393 e. The van der Waals surface area contributed by atoms with E-state index in [4.69, 9.17) is 0 Å². The molecule has 0 fully saturated rings. The van der Waals surface area contributed by atoms with Gasteiger partial charge in [0.15, 0.2) is 6.20 Å². The van der Waals surface area contributed by atoms with E-state index in [1.165, 1.54) is 17.7 Å². The first-order valence-electron chi connectivity index (χ1n) is 5.40. The molecule has 8 heteroatoms. The Morgan fingerprint density at radius 2 is 2.15 bits per heavy atom. The molecule has 0 saturated heterocycles. The number of halogens is 3. The van der Waals surface area contributed by atoms with E-state index < -0.39 is 24.1 Å². The minimum Gasteiger partial charge on any atom is -0.618 e. The maximum absolute atomic E-state index is 12.2. The van der Waals surface area contributed by atoms with Crippen LogP contribution in [0.4, 0.5) is 13.2 Å². The third kappa shape index (κ3) is 3.77. The number of rotatable bonds is 3. The molecule has 2 rings (SSSR count). The number of ether oxygens (including phenoxy) is 1. The molecule has 0 unspecified atom stereocenters. The molecule has 0 atom stereocenters. The topological polar surface area (TPSA) is 53.2 Å². The van der Waals surface area contributed by atoms with Crippen LogP contribution in [-0.4, -0.2) is 12.1 Å². The lowest BCUT2D eigenvalue weighted by molar-refractivity contribution is -0.645. The van der Waals surface area contributed by atoms with Crippen LogP contribution in [0.15, 0.2) is 52.2 Å². The number of hydrogen-bond acceptors (Lipinski definition) is 4. The maximum atomic E-state index is 12.2. The number of cyclic esters (lactones) is 1. The fourth-order valence-corrected chi connectivity index (χ4v) is 2.13. The molecule has 20 heavy (non-hydrogen) atoms. The van der Waals surface area contributed by atoms with Gasteiger partial charge in [0.25, 0.3) is 5.03 Å². The number of esters is 1. The minimum atomic E-state index is -4.47. The molecule has 1 aromatic heterocycles. The molecule has 106 valence electrons. The molecule has 1 aliphatic heterocycles. The highest BCUT2D eigenvalue weighted by molar-refractivity contribution is 8.02. The predicted molar refractivity (Wildman–Crippen MR) is 64.2 cm³/mol. The Kier molecular flexibility index (Phi) is 4.03. The van der Waals surface area contributed by atoms with Gasteiger partial charge >= 0.3 is 12.1 Å². The first kappa shape index (κ1) is 14.4. The van der Waals surface area contributed by atoms with E-state index >= 15 is 0 Å². The first-order chi connectivity index (χ1) is 9.35. The van der Waals surface area contributed by atoms with Crippen LogP contribution in [0.5, 0.6) is 0 Å². The molecule has 2 heterocycles. The molecule has 1 aliphatic rings. The van der Waals surface area contributed by atoms with Gasteiger partial charge in [0, 0.05) is 17.5 Å². The lowest BCUT2D eigenvalue weighted by Crippen LogP contribution is -2.27. The minimum absolute atomic E-state index is 0.0110. The number of carbonyl (C=O) groups excluding carboxylic acids is 1. The average molecular weight is 303 g/mol. The number of allylic oxidation sites excluding steroid dienone is 1. The number of thioether (sulfide) groups is 1. The van der Waals surface area contributed by atoms with E-state index in [1.54, 1.807) is 12.1 Å². The third-order valence-corrected chi connectivity index (χ3v) is 3.17. The molecule has 4 nitrogen and oxygen atoms in total. The van der Waals surface area contributed by atoms with E-state index in [1.807, 2.05) is 0 Å². The molecule has 0 N–H and O–H groups in total. The molecule has 0 aliphatic carbocycles. The fraction of sp³-hybridized carbons (Fsp3) is 0.167. The molecule has 0 saturated carbocycles. The van der Waals surface area contributed by atoms with Crippen LogP contribution in [0.25, 0.3) is 0 Å². The van der Waals surface area contributed by atoms with Crippen molar-refractivity contribution in [2.75, 3.05) is 0 Å². The zero-order valence-electron chi connectivity index (χ0n) is 9.89. The second-order valence-corrected chi connectivity index (χ2v) is 4.74. The van der Waals surface area contributed by atoms with Gasteiger partial charge in [-0.25, -0.2) is 4.79 Å². The third-order valence-electron chi connectivity index (χ3n) is 2.26. The first-order valence-corrected chi connectivity index (χ1v) is 6.27. The highest BCUT2D eigenvalue weighted by Crippen LogP contribution is 2.31. The highest BCUT2D eigenvalue weighted by Gasteiger charge is 2.34. The molecule has 0 aromatic carbocycles. The summed E-state index contributed by atoms with van der Waals surface area (Å²) >= 11 is 0.952. The second kappa shape index (κ2) is 5.58. The van der Waals surface area contributed by atoms with Gasteiger partial charge in [-0.2, -0.15) is 17.9 Å². The summed E-state index contributed by atoms with van der Waals surface area (Å²) < 4.78 is 41.9. The summed E-state index contributed by atoms with van der Waals surface area (Å²) in [5, 5.41) is 13.0. The van der Waals surface area contributed by atoms with E-state index in [-0.39, 0.29) is 5.76 Å². The number of hydrogen-bond donors (Lipinski definition) is 0. The summed E-state index contributed by atoms with van der Waals surface area (Å²) in [6.45, 7) is 0. The number of nitrogens with zero attached hydrogens (tertiary/aromatic N) is 1. The van der Waals surface area contributed by atoms with Crippen LogP contribution in [-0.2, 0) is 9.53 Å². The van der Waals surface area contributed by atoms with Crippen LogP contribution in [0.3, 0.4) is 0 Å². The monoisotopic (exact) mass is 303 g/mol. The van der Waals surface area contributed by atoms with Crippen molar-refractivity contribution in [3.05, 3.63) is 52.4 Å². The van der Waals surface area contributed by atoms with Gasteiger partial charge in [-0.05, 0) is 23.9 Å². The normalized spacial score (nSPS) is 17.2. The molecular formula is C12H8F3NO3S.